The second-order valence-corrected chi connectivity index (χ2v) is 9.36. The summed E-state index contributed by atoms with van der Waals surface area (Å²) in [7, 11) is 0. The number of hydrogen-bond acceptors (Lipinski definition) is 3. The summed E-state index contributed by atoms with van der Waals surface area (Å²) in [6, 6.07) is 19.0. The quantitative estimate of drug-likeness (QED) is 0.255. The van der Waals surface area contributed by atoms with Crippen molar-refractivity contribution in [3.63, 3.8) is 0 Å². The number of alkyl halides is 3. The second-order valence-electron chi connectivity index (χ2n) is 7.95. The maximum atomic E-state index is 13.2. The van der Waals surface area contributed by atoms with Crippen molar-refractivity contribution in [2.45, 2.75) is 19.6 Å². The number of allylic oxidation sites excluding steroid dienone is 1. The Morgan fingerprint density at radius 2 is 1.81 bits per heavy atom. The van der Waals surface area contributed by atoms with Crippen LogP contribution in [0.2, 0.25) is 5.02 Å². The molecule has 4 aromatic rings. The van der Waals surface area contributed by atoms with Crippen LogP contribution in [-0.4, -0.2) is 10.5 Å². The molecule has 0 fully saturated rings. The highest BCUT2D eigenvalue weighted by Gasteiger charge is 2.30. The molecule has 4 nitrogen and oxygen atoms in total. The van der Waals surface area contributed by atoms with Gasteiger partial charge in [-0.1, -0.05) is 64.9 Å². The van der Waals surface area contributed by atoms with Gasteiger partial charge >= 0.3 is 6.18 Å². The maximum absolute atomic E-state index is 13.2. The molecule has 0 bridgehead atoms. The molecule has 0 saturated heterocycles. The topological polar surface area (TPSA) is 46.4 Å². The highest BCUT2D eigenvalue weighted by atomic mass is 35.5. The number of aromatic nitrogens is 1. The molecule has 4 rings (SSSR count). The Kier molecular flexibility index (Phi) is 7.47. The molecular weight excluding hydrogens is 507 g/mol. The fourth-order valence-electron chi connectivity index (χ4n) is 3.52. The Labute approximate surface area is 215 Å². The summed E-state index contributed by atoms with van der Waals surface area (Å²) in [6.07, 6.45) is -2.82. The van der Waals surface area contributed by atoms with Crippen molar-refractivity contribution >= 4 is 39.5 Å². The van der Waals surface area contributed by atoms with Crippen LogP contribution in [-0.2, 0) is 12.7 Å². The summed E-state index contributed by atoms with van der Waals surface area (Å²) >= 11 is 7.11. The Morgan fingerprint density at radius 3 is 2.44 bits per heavy atom. The van der Waals surface area contributed by atoms with Crippen LogP contribution >= 0.6 is 22.9 Å². The molecule has 0 unspecified atom stereocenters. The van der Waals surface area contributed by atoms with Gasteiger partial charge in [0.05, 0.1) is 16.9 Å². The lowest BCUT2D eigenvalue weighted by atomic mass is 10.1. The van der Waals surface area contributed by atoms with Crippen molar-refractivity contribution in [1.29, 1.82) is 0 Å². The van der Waals surface area contributed by atoms with Crippen molar-refractivity contribution in [2.75, 3.05) is 5.32 Å². The minimum Gasteiger partial charge on any atom is -0.312 e. The third-order valence-corrected chi connectivity index (χ3v) is 6.52. The zero-order valence-electron chi connectivity index (χ0n) is 19.1. The van der Waals surface area contributed by atoms with E-state index in [2.05, 4.69) is 16.9 Å². The predicted octanol–water partition coefficient (Wildman–Crippen LogP) is 7.87. The Balaban J connectivity index is 1.88. The number of amides is 1. The van der Waals surface area contributed by atoms with E-state index in [1.807, 2.05) is 35.8 Å². The number of nitrogens with zero attached hydrogens (tertiary/aromatic N) is 2. The molecule has 3 aromatic carbocycles. The molecule has 1 heterocycles. The molecule has 0 aliphatic carbocycles. The van der Waals surface area contributed by atoms with E-state index in [4.69, 9.17) is 11.6 Å². The molecule has 0 aliphatic heterocycles. The standard InChI is InChI=1S/C27H21ClF3N3OS/c1-3-15-34-23(18-9-7-17(2)8-10-18)25(33-24(35)19-11-13-21(28)14-12-19)36-26(34)32-22-6-4-5-20(16-22)27(29,30)31/h3-14,16H,1,15H2,2H3,(H,33,35). The van der Waals surface area contributed by atoms with Crippen molar-refractivity contribution in [3.05, 3.63) is 112 Å². The number of nitrogens with one attached hydrogen (secondary N) is 1. The van der Waals surface area contributed by atoms with E-state index in [1.54, 1.807) is 30.3 Å². The number of rotatable bonds is 6. The first kappa shape index (κ1) is 25.5. The van der Waals surface area contributed by atoms with E-state index in [0.717, 1.165) is 23.3 Å². The van der Waals surface area contributed by atoms with Crippen molar-refractivity contribution < 1.29 is 18.0 Å². The van der Waals surface area contributed by atoms with Crippen LogP contribution in [0.5, 0.6) is 0 Å². The van der Waals surface area contributed by atoms with Gasteiger partial charge in [-0.3, -0.25) is 4.79 Å². The SMILES string of the molecule is C=CCn1c(-c2ccc(C)cc2)c(NC(=O)c2ccc(Cl)cc2)sc1=Nc1cccc(C(F)(F)F)c1. The zero-order valence-corrected chi connectivity index (χ0v) is 20.7. The summed E-state index contributed by atoms with van der Waals surface area (Å²) in [5.74, 6) is -0.349. The van der Waals surface area contributed by atoms with Crippen LogP contribution in [0, 0.1) is 6.92 Å². The summed E-state index contributed by atoms with van der Waals surface area (Å²) in [5.41, 5.74) is 2.32. The molecule has 0 aliphatic rings. The summed E-state index contributed by atoms with van der Waals surface area (Å²) < 4.78 is 41.6. The molecule has 184 valence electrons. The van der Waals surface area contributed by atoms with E-state index < -0.39 is 11.7 Å². The molecule has 9 heteroatoms. The molecule has 1 aromatic heterocycles. The smallest absolute Gasteiger partial charge is 0.312 e. The lowest BCUT2D eigenvalue weighted by Crippen LogP contribution is -2.15. The molecule has 0 saturated carbocycles. The van der Waals surface area contributed by atoms with E-state index in [-0.39, 0.29) is 11.6 Å². The largest absolute Gasteiger partial charge is 0.416 e. The highest BCUT2D eigenvalue weighted by molar-refractivity contribution is 7.14. The van der Waals surface area contributed by atoms with Gasteiger partial charge in [0.2, 0.25) is 0 Å². The van der Waals surface area contributed by atoms with Crippen molar-refractivity contribution in [2.24, 2.45) is 4.99 Å². The Bertz CT molecular complexity index is 1470. The number of anilines is 1. The first-order chi connectivity index (χ1) is 17.2. The van der Waals surface area contributed by atoms with E-state index in [9.17, 15) is 18.0 Å². The highest BCUT2D eigenvalue weighted by Crippen LogP contribution is 2.34. The van der Waals surface area contributed by atoms with Gasteiger partial charge in [-0.25, -0.2) is 4.99 Å². The third-order valence-electron chi connectivity index (χ3n) is 5.28. The van der Waals surface area contributed by atoms with Gasteiger partial charge in [0.25, 0.3) is 5.91 Å². The van der Waals surface area contributed by atoms with Crippen LogP contribution < -0.4 is 10.1 Å². The molecule has 1 N–H and O–H groups in total. The van der Waals surface area contributed by atoms with Gasteiger partial charge in [-0.05, 0) is 49.4 Å². The fourth-order valence-corrected chi connectivity index (χ4v) is 4.72. The normalized spacial score (nSPS) is 12.0. The first-order valence-electron chi connectivity index (χ1n) is 10.9. The minimum atomic E-state index is -4.48. The van der Waals surface area contributed by atoms with E-state index >= 15 is 0 Å². The number of carbonyl (C=O) groups excluding carboxylic acids is 1. The molecule has 36 heavy (non-hydrogen) atoms. The summed E-state index contributed by atoms with van der Waals surface area (Å²) in [4.78, 5) is 18.0. The first-order valence-corrected chi connectivity index (χ1v) is 12.1. The Morgan fingerprint density at radius 1 is 1.11 bits per heavy atom. The van der Waals surface area contributed by atoms with Gasteiger partial charge in [-0.2, -0.15) is 13.2 Å². The molecule has 0 spiro atoms. The lowest BCUT2D eigenvalue weighted by Gasteiger charge is -2.11. The average molecular weight is 528 g/mol. The van der Waals surface area contributed by atoms with Crippen molar-refractivity contribution in [3.8, 4) is 11.3 Å². The number of benzene rings is 3. The maximum Gasteiger partial charge on any atom is 0.416 e. The molecule has 0 radical (unpaired) electrons. The lowest BCUT2D eigenvalue weighted by molar-refractivity contribution is -0.137. The number of hydrogen-bond donors (Lipinski definition) is 1. The number of carbonyl (C=O) groups is 1. The van der Waals surface area contributed by atoms with Crippen LogP contribution in [0.3, 0.4) is 0 Å². The van der Waals surface area contributed by atoms with Crippen LogP contribution in [0.1, 0.15) is 21.5 Å². The number of halogens is 4. The van der Waals surface area contributed by atoms with Gasteiger partial charge < -0.3 is 9.88 Å². The Hall–Kier alpha value is -3.62. The fraction of sp³-hybridized carbons (Fsp3) is 0.111. The van der Waals surface area contributed by atoms with E-state index in [1.165, 1.54) is 23.5 Å². The van der Waals surface area contributed by atoms with Gasteiger partial charge in [0.1, 0.15) is 5.00 Å². The van der Waals surface area contributed by atoms with Crippen LogP contribution in [0.25, 0.3) is 11.3 Å². The zero-order chi connectivity index (χ0) is 25.9. The average Bonchev–Trinajstić information content (AvgIpc) is 3.16. The molecule has 1 amide bonds. The predicted molar refractivity (Wildman–Crippen MR) is 139 cm³/mol. The summed E-state index contributed by atoms with van der Waals surface area (Å²) in [5, 5.41) is 3.96. The van der Waals surface area contributed by atoms with Gasteiger partial charge in [0.15, 0.2) is 4.80 Å². The second kappa shape index (κ2) is 10.6. The molecular formula is C27H21ClF3N3OS. The monoisotopic (exact) mass is 527 g/mol. The van der Waals surface area contributed by atoms with Gasteiger partial charge in [-0.15, -0.1) is 6.58 Å². The minimum absolute atomic E-state index is 0.148. The molecule has 0 atom stereocenters. The third kappa shape index (κ3) is 5.78. The van der Waals surface area contributed by atoms with Crippen molar-refractivity contribution in [1.82, 2.24) is 4.57 Å². The number of thiazole rings is 1. The van der Waals surface area contributed by atoms with Crippen LogP contribution in [0.15, 0.2) is 90.4 Å². The van der Waals surface area contributed by atoms with Gasteiger partial charge in [0, 0.05) is 22.7 Å². The number of aryl methyl sites for hydroxylation is 1. The summed E-state index contributed by atoms with van der Waals surface area (Å²) in [6.45, 7) is 6.11. The van der Waals surface area contributed by atoms with Crippen LogP contribution in [0.4, 0.5) is 23.9 Å². The van der Waals surface area contributed by atoms with E-state index in [0.29, 0.717) is 32.6 Å².